The minimum Gasteiger partial charge on any atom is -0.216 e. The average molecular weight is 194 g/mol. The summed E-state index contributed by atoms with van der Waals surface area (Å²) >= 11 is 0. The Hall–Kier alpha value is -1.27. The summed E-state index contributed by atoms with van der Waals surface area (Å²) in [6.07, 6.45) is 1.10. The van der Waals surface area contributed by atoms with Crippen molar-refractivity contribution >= 4 is 9.84 Å². The second-order valence-corrected chi connectivity index (χ2v) is 4.56. The van der Waals surface area contributed by atoms with E-state index in [0.717, 1.165) is 17.4 Å². The summed E-state index contributed by atoms with van der Waals surface area (Å²) < 4.78 is 21.5. The molecule has 3 heteroatoms. The Kier molecular flexibility index (Phi) is 2.74. The first kappa shape index (κ1) is 9.82. The van der Waals surface area contributed by atoms with Crippen LogP contribution in [0.2, 0.25) is 0 Å². The molecule has 0 aliphatic heterocycles. The van der Waals surface area contributed by atoms with E-state index in [-0.39, 0.29) is 0 Å². The van der Waals surface area contributed by atoms with E-state index in [1.54, 1.807) is 6.07 Å². The van der Waals surface area contributed by atoms with E-state index in [2.05, 4.69) is 11.2 Å². The molecule has 0 aromatic heterocycles. The van der Waals surface area contributed by atoms with E-state index in [9.17, 15) is 8.42 Å². The number of hydrogen-bond donors (Lipinski definition) is 0. The fourth-order valence-electron chi connectivity index (χ4n) is 0.861. The van der Waals surface area contributed by atoms with Gasteiger partial charge in [0.2, 0.25) is 9.84 Å². The van der Waals surface area contributed by atoms with Gasteiger partial charge in [-0.15, -0.1) is 0 Å². The molecule has 0 bridgehead atoms. The van der Waals surface area contributed by atoms with Gasteiger partial charge in [-0.3, -0.25) is 0 Å². The molecule has 0 heterocycles. The van der Waals surface area contributed by atoms with Gasteiger partial charge in [-0.1, -0.05) is 18.2 Å². The van der Waals surface area contributed by atoms with Crippen LogP contribution in [-0.4, -0.2) is 14.7 Å². The van der Waals surface area contributed by atoms with Gasteiger partial charge >= 0.3 is 0 Å². The predicted octanol–water partition coefficient (Wildman–Crippen LogP) is 1.35. The highest BCUT2D eigenvalue weighted by atomic mass is 32.2. The third-order valence-corrected chi connectivity index (χ3v) is 1.99. The first-order chi connectivity index (χ1) is 5.99. The van der Waals surface area contributed by atoms with Crippen LogP contribution in [0.5, 0.6) is 0 Å². The Morgan fingerprint density at radius 2 is 1.85 bits per heavy atom. The van der Waals surface area contributed by atoms with E-state index in [1.165, 1.54) is 0 Å². The monoisotopic (exact) mass is 194 g/mol. The van der Waals surface area contributed by atoms with Gasteiger partial charge in [0.05, 0.1) is 6.26 Å². The lowest BCUT2D eigenvalue weighted by atomic mass is 10.1. The smallest absolute Gasteiger partial charge is 0.214 e. The van der Waals surface area contributed by atoms with Crippen LogP contribution in [0.3, 0.4) is 0 Å². The standard InChI is InChI=1S/C10H10O2S/c1-9-5-3-4-6-10(9)7-8-13(2,11)12/h3-6H,1-2H3. The molecule has 0 saturated heterocycles. The van der Waals surface area contributed by atoms with Gasteiger partial charge in [0.1, 0.15) is 0 Å². The Morgan fingerprint density at radius 1 is 1.23 bits per heavy atom. The van der Waals surface area contributed by atoms with Crippen LogP contribution >= 0.6 is 0 Å². The molecule has 0 fully saturated rings. The van der Waals surface area contributed by atoms with Crippen molar-refractivity contribution in [1.29, 1.82) is 0 Å². The van der Waals surface area contributed by atoms with Crippen LogP contribution in [0.25, 0.3) is 0 Å². The van der Waals surface area contributed by atoms with Gasteiger partial charge in [-0.2, -0.15) is 0 Å². The van der Waals surface area contributed by atoms with Crippen molar-refractivity contribution in [2.24, 2.45) is 0 Å². The maximum atomic E-state index is 10.7. The molecular weight excluding hydrogens is 184 g/mol. The molecule has 68 valence electrons. The lowest BCUT2D eigenvalue weighted by molar-refractivity contribution is 0.611. The molecule has 0 aliphatic carbocycles. The van der Waals surface area contributed by atoms with E-state index in [1.807, 2.05) is 25.1 Å². The molecule has 0 N–H and O–H groups in total. The lowest BCUT2D eigenvalue weighted by Crippen LogP contribution is -1.89. The molecule has 0 atom stereocenters. The third kappa shape index (κ3) is 3.30. The van der Waals surface area contributed by atoms with Gasteiger partial charge in [0, 0.05) is 10.8 Å². The topological polar surface area (TPSA) is 34.1 Å². The highest BCUT2D eigenvalue weighted by molar-refractivity contribution is 7.95. The molecule has 0 saturated carbocycles. The summed E-state index contributed by atoms with van der Waals surface area (Å²) in [5.74, 6) is 2.61. The molecule has 0 amide bonds. The van der Waals surface area contributed by atoms with Crippen LogP contribution in [0.15, 0.2) is 24.3 Å². The van der Waals surface area contributed by atoms with Crippen LogP contribution in [-0.2, 0) is 9.84 Å². The second-order valence-electron chi connectivity index (χ2n) is 2.81. The van der Waals surface area contributed by atoms with Crippen LogP contribution < -0.4 is 0 Å². The third-order valence-electron chi connectivity index (χ3n) is 1.52. The molecule has 0 unspecified atom stereocenters. The highest BCUT2D eigenvalue weighted by Gasteiger charge is 1.94. The van der Waals surface area contributed by atoms with Gasteiger partial charge in [0.15, 0.2) is 0 Å². The predicted molar refractivity (Wildman–Crippen MR) is 52.9 cm³/mol. The molecule has 0 aliphatic rings. The number of hydrogen-bond acceptors (Lipinski definition) is 2. The Labute approximate surface area is 78.5 Å². The largest absolute Gasteiger partial charge is 0.216 e. The number of sulfone groups is 1. The number of rotatable bonds is 0. The molecule has 2 nitrogen and oxygen atoms in total. The summed E-state index contributed by atoms with van der Waals surface area (Å²) in [6.45, 7) is 1.90. The maximum Gasteiger partial charge on any atom is 0.214 e. The van der Waals surface area contributed by atoms with Gasteiger partial charge < -0.3 is 0 Å². The summed E-state index contributed by atoms with van der Waals surface area (Å²) in [5, 5.41) is 2.20. The van der Waals surface area contributed by atoms with E-state index < -0.39 is 9.84 Å². The highest BCUT2D eigenvalue weighted by Crippen LogP contribution is 2.04. The molecule has 1 rings (SSSR count). The van der Waals surface area contributed by atoms with Crippen LogP contribution in [0.4, 0.5) is 0 Å². The van der Waals surface area contributed by atoms with Crippen molar-refractivity contribution < 1.29 is 8.42 Å². The second kappa shape index (κ2) is 3.63. The summed E-state index contributed by atoms with van der Waals surface area (Å²) in [5.41, 5.74) is 1.74. The van der Waals surface area contributed by atoms with E-state index in [4.69, 9.17) is 0 Å². The fourth-order valence-corrected chi connectivity index (χ4v) is 1.16. The fraction of sp³-hybridized carbons (Fsp3) is 0.200. The number of benzene rings is 1. The first-order valence-corrected chi connectivity index (χ1v) is 5.66. The maximum absolute atomic E-state index is 10.7. The van der Waals surface area contributed by atoms with Gasteiger partial charge in [-0.25, -0.2) is 8.42 Å². The Balaban J connectivity index is 3.11. The molecule has 0 spiro atoms. The summed E-state index contributed by atoms with van der Waals surface area (Å²) in [7, 11) is -3.20. The van der Waals surface area contributed by atoms with Crippen LogP contribution in [0, 0.1) is 18.1 Å². The van der Waals surface area contributed by atoms with E-state index in [0.29, 0.717) is 0 Å². The molecule has 0 radical (unpaired) electrons. The van der Waals surface area contributed by atoms with Crippen molar-refractivity contribution in [1.82, 2.24) is 0 Å². The molecular formula is C10H10O2S. The molecule has 1 aromatic carbocycles. The van der Waals surface area contributed by atoms with Crippen molar-refractivity contribution in [3.05, 3.63) is 35.4 Å². The number of aryl methyl sites for hydroxylation is 1. The average Bonchev–Trinajstić information content (AvgIpc) is 2.01. The lowest BCUT2D eigenvalue weighted by Gasteiger charge is -1.93. The van der Waals surface area contributed by atoms with E-state index >= 15 is 0 Å². The Bertz CT molecular complexity index is 461. The Morgan fingerprint density at radius 3 is 2.38 bits per heavy atom. The van der Waals surface area contributed by atoms with Gasteiger partial charge in [0.25, 0.3) is 0 Å². The zero-order valence-electron chi connectivity index (χ0n) is 7.53. The summed E-state index contributed by atoms with van der Waals surface area (Å²) in [4.78, 5) is 0. The zero-order valence-corrected chi connectivity index (χ0v) is 8.35. The first-order valence-electron chi connectivity index (χ1n) is 3.77. The summed E-state index contributed by atoms with van der Waals surface area (Å²) in [6, 6.07) is 7.42. The SMILES string of the molecule is Cc1ccccc1C#CS(C)(=O)=O. The van der Waals surface area contributed by atoms with Crippen molar-refractivity contribution in [2.45, 2.75) is 6.92 Å². The quantitative estimate of drug-likeness (QED) is 0.584. The molecule has 13 heavy (non-hydrogen) atoms. The zero-order chi connectivity index (χ0) is 9.90. The van der Waals surface area contributed by atoms with Crippen molar-refractivity contribution in [3.63, 3.8) is 0 Å². The van der Waals surface area contributed by atoms with Crippen molar-refractivity contribution in [2.75, 3.05) is 6.26 Å². The minimum absolute atomic E-state index is 0.757. The molecule has 1 aromatic rings. The normalized spacial score (nSPS) is 10.3. The minimum atomic E-state index is -3.20. The van der Waals surface area contributed by atoms with Gasteiger partial charge in [-0.05, 0) is 24.5 Å². The van der Waals surface area contributed by atoms with Crippen LogP contribution in [0.1, 0.15) is 11.1 Å². The van der Waals surface area contributed by atoms with Crippen molar-refractivity contribution in [3.8, 4) is 11.2 Å².